The van der Waals surface area contributed by atoms with Gasteiger partial charge in [-0.1, -0.05) is 0 Å². The second kappa shape index (κ2) is 6.73. The zero-order valence-corrected chi connectivity index (χ0v) is 13.6. The molecule has 0 saturated carbocycles. The van der Waals surface area contributed by atoms with E-state index in [1.807, 2.05) is 12.1 Å². The molecule has 1 aromatic carbocycles. The summed E-state index contributed by atoms with van der Waals surface area (Å²) in [6.07, 6.45) is 3.07. The lowest BCUT2D eigenvalue weighted by Crippen LogP contribution is -2.43. The fraction of sp³-hybridized carbons (Fsp3) is 0.250. The van der Waals surface area contributed by atoms with Crippen molar-refractivity contribution in [1.82, 2.24) is 30.0 Å². The Morgan fingerprint density at radius 1 is 1.08 bits per heavy atom. The van der Waals surface area contributed by atoms with Gasteiger partial charge in [0.15, 0.2) is 5.82 Å². The van der Waals surface area contributed by atoms with Crippen LogP contribution in [0.3, 0.4) is 0 Å². The third kappa shape index (κ3) is 3.36. The SMILES string of the molecule is Nc1nc(Nc2ccc(N3CCNCC3)cc2)nn1-c1ccncn1. The Labute approximate surface area is 144 Å². The molecule has 1 aliphatic rings. The summed E-state index contributed by atoms with van der Waals surface area (Å²) in [7, 11) is 0. The van der Waals surface area contributed by atoms with Crippen molar-refractivity contribution in [3.63, 3.8) is 0 Å². The molecule has 25 heavy (non-hydrogen) atoms. The third-order valence-corrected chi connectivity index (χ3v) is 4.02. The van der Waals surface area contributed by atoms with E-state index >= 15 is 0 Å². The maximum absolute atomic E-state index is 5.93. The minimum absolute atomic E-state index is 0.263. The smallest absolute Gasteiger partial charge is 0.248 e. The first-order chi connectivity index (χ1) is 12.3. The van der Waals surface area contributed by atoms with Crippen molar-refractivity contribution in [3.05, 3.63) is 42.9 Å². The van der Waals surface area contributed by atoms with E-state index in [0.29, 0.717) is 11.8 Å². The Balaban J connectivity index is 1.49. The van der Waals surface area contributed by atoms with Gasteiger partial charge in [0.2, 0.25) is 11.9 Å². The number of hydrogen-bond acceptors (Lipinski definition) is 8. The highest BCUT2D eigenvalue weighted by molar-refractivity contribution is 5.60. The van der Waals surface area contributed by atoms with Gasteiger partial charge >= 0.3 is 0 Å². The van der Waals surface area contributed by atoms with E-state index in [9.17, 15) is 0 Å². The van der Waals surface area contributed by atoms with E-state index in [1.54, 1.807) is 12.3 Å². The number of nitrogens with zero attached hydrogens (tertiary/aromatic N) is 6. The summed E-state index contributed by atoms with van der Waals surface area (Å²) in [5.74, 6) is 1.26. The van der Waals surface area contributed by atoms with Crippen LogP contribution < -0.4 is 21.3 Å². The normalized spacial score (nSPS) is 14.5. The number of benzene rings is 1. The van der Waals surface area contributed by atoms with Gasteiger partial charge in [0.1, 0.15) is 6.33 Å². The molecule has 0 atom stereocenters. The number of aromatic nitrogens is 5. The molecule has 0 amide bonds. The van der Waals surface area contributed by atoms with Crippen LogP contribution in [-0.2, 0) is 0 Å². The zero-order chi connectivity index (χ0) is 17.1. The molecule has 1 aliphatic heterocycles. The fourth-order valence-electron chi connectivity index (χ4n) is 2.76. The highest BCUT2D eigenvalue weighted by Gasteiger charge is 2.12. The Morgan fingerprint density at radius 2 is 1.88 bits per heavy atom. The van der Waals surface area contributed by atoms with Crippen LogP contribution in [0.25, 0.3) is 5.82 Å². The van der Waals surface area contributed by atoms with Crippen molar-refractivity contribution in [2.24, 2.45) is 0 Å². The molecule has 4 N–H and O–H groups in total. The van der Waals surface area contributed by atoms with Crippen LogP contribution in [0.5, 0.6) is 0 Å². The number of nitrogen functional groups attached to an aromatic ring is 1. The van der Waals surface area contributed by atoms with Crippen LogP contribution >= 0.6 is 0 Å². The first-order valence-corrected chi connectivity index (χ1v) is 8.11. The van der Waals surface area contributed by atoms with Crippen LogP contribution in [0.1, 0.15) is 0 Å². The summed E-state index contributed by atoms with van der Waals surface area (Å²) in [5, 5.41) is 10.9. The Kier molecular flexibility index (Phi) is 4.13. The van der Waals surface area contributed by atoms with E-state index in [2.05, 4.69) is 47.7 Å². The molecule has 0 spiro atoms. The van der Waals surface area contributed by atoms with Gasteiger partial charge in [0, 0.05) is 49.8 Å². The van der Waals surface area contributed by atoms with Gasteiger partial charge in [-0.2, -0.15) is 9.67 Å². The molecule has 3 heterocycles. The molecule has 0 aliphatic carbocycles. The Hall–Kier alpha value is -3.20. The second-order valence-corrected chi connectivity index (χ2v) is 5.68. The maximum Gasteiger partial charge on any atom is 0.248 e. The van der Waals surface area contributed by atoms with Gasteiger partial charge < -0.3 is 21.3 Å². The van der Waals surface area contributed by atoms with Crippen LogP contribution in [0, 0.1) is 0 Å². The lowest BCUT2D eigenvalue weighted by atomic mass is 10.2. The minimum Gasteiger partial charge on any atom is -0.369 e. The standard InChI is InChI=1S/C16H19N9/c17-15-22-16(23-25(15)14-5-6-19-11-20-14)21-12-1-3-13(4-2-12)24-9-7-18-8-10-24/h1-6,11,18H,7-10H2,(H3,17,21,22,23). The lowest BCUT2D eigenvalue weighted by molar-refractivity contribution is 0.589. The summed E-state index contributed by atoms with van der Waals surface area (Å²) in [4.78, 5) is 14.6. The Morgan fingerprint density at radius 3 is 2.60 bits per heavy atom. The van der Waals surface area contributed by atoms with Gasteiger partial charge in [-0.15, -0.1) is 5.10 Å². The van der Waals surface area contributed by atoms with E-state index in [4.69, 9.17) is 5.73 Å². The van der Waals surface area contributed by atoms with Crippen molar-refractivity contribution in [2.75, 3.05) is 42.1 Å². The van der Waals surface area contributed by atoms with Gasteiger partial charge in [-0.25, -0.2) is 9.97 Å². The molecule has 0 bridgehead atoms. The first kappa shape index (κ1) is 15.3. The van der Waals surface area contributed by atoms with Crippen LogP contribution in [0.4, 0.5) is 23.3 Å². The van der Waals surface area contributed by atoms with Crippen molar-refractivity contribution < 1.29 is 0 Å². The van der Waals surface area contributed by atoms with Gasteiger partial charge in [-0.05, 0) is 24.3 Å². The number of hydrogen-bond donors (Lipinski definition) is 3. The molecule has 3 aromatic rings. The molecule has 9 nitrogen and oxygen atoms in total. The van der Waals surface area contributed by atoms with Crippen LogP contribution in [-0.4, -0.2) is 50.9 Å². The number of anilines is 4. The topological polar surface area (TPSA) is 110 Å². The Bertz CT molecular complexity index is 823. The van der Waals surface area contributed by atoms with E-state index in [1.165, 1.54) is 16.7 Å². The minimum atomic E-state index is 0.263. The molecule has 128 valence electrons. The fourth-order valence-corrected chi connectivity index (χ4v) is 2.76. The quantitative estimate of drug-likeness (QED) is 0.641. The van der Waals surface area contributed by atoms with E-state index < -0.39 is 0 Å². The average molecular weight is 337 g/mol. The van der Waals surface area contributed by atoms with Crippen molar-refractivity contribution in [2.45, 2.75) is 0 Å². The van der Waals surface area contributed by atoms with Crippen LogP contribution in [0.15, 0.2) is 42.9 Å². The first-order valence-electron chi connectivity index (χ1n) is 8.11. The summed E-state index contributed by atoms with van der Waals surface area (Å²) in [5.41, 5.74) is 8.04. The van der Waals surface area contributed by atoms with E-state index in [-0.39, 0.29) is 5.95 Å². The largest absolute Gasteiger partial charge is 0.369 e. The molecule has 2 aromatic heterocycles. The summed E-state index contributed by atoms with van der Waals surface area (Å²) in [6.45, 7) is 4.08. The lowest BCUT2D eigenvalue weighted by Gasteiger charge is -2.29. The van der Waals surface area contributed by atoms with Crippen molar-refractivity contribution in [1.29, 1.82) is 0 Å². The highest BCUT2D eigenvalue weighted by atomic mass is 15.4. The molecule has 1 saturated heterocycles. The predicted octanol–water partition coefficient (Wildman–Crippen LogP) is 0.793. The predicted molar refractivity (Wildman–Crippen MR) is 96.2 cm³/mol. The van der Waals surface area contributed by atoms with Crippen LogP contribution in [0.2, 0.25) is 0 Å². The molecule has 1 fully saturated rings. The number of piperazine rings is 1. The summed E-state index contributed by atoms with van der Waals surface area (Å²) < 4.78 is 1.47. The van der Waals surface area contributed by atoms with Crippen molar-refractivity contribution in [3.8, 4) is 5.82 Å². The second-order valence-electron chi connectivity index (χ2n) is 5.68. The van der Waals surface area contributed by atoms with E-state index in [0.717, 1.165) is 31.9 Å². The molecule has 9 heteroatoms. The van der Waals surface area contributed by atoms with Gasteiger partial charge in [0.25, 0.3) is 0 Å². The summed E-state index contributed by atoms with van der Waals surface area (Å²) in [6, 6.07) is 9.94. The van der Waals surface area contributed by atoms with Gasteiger partial charge in [-0.3, -0.25) is 0 Å². The monoisotopic (exact) mass is 337 g/mol. The molecule has 0 unspecified atom stereocenters. The molecular formula is C16H19N9. The number of nitrogens with one attached hydrogen (secondary N) is 2. The zero-order valence-electron chi connectivity index (χ0n) is 13.6. The maximum atomic E-state index is 5.93. The third-order valence-electron chi connectivity index (χ3n) is 4.02. The molecule has 4 rings (SSSR count). The van der Waals surface area contributed by atoms with Crippen molar-refractivity contribution >= 4 is 23.3 Å². The van der Waals surface area contributed by atoms with Gasteiger partial charge in [0.05, 0.1) is 0 Å². The molecule has 0 radical (unpaired) electrons. The number of rotatable bonds is 4. The number of nitrogens with two attached hydrogens (primary N) is 1. The molecular weight excluding hydrogens is 318 g/mol. The average Bonchev–Trinajstić information content (AvgIpc) is 3.04. The highest BCUT2D eigenvalue weighted by Crippen LogP contribution is 2.21. The summed E-state index contributed by atoms with van der Waals surface area (Å²) >= 11 is 0.